The highest BCUT2D eigenvalue weighted by atomic mass is 16.5. The molecule has 1 saturated carbocycles. The van der Waals surface area contributed by atoms with Crippen LogP contribution in [0.5, 0.6) is 5.88 Å². The molecule has 3 aromatic heterocycles. The Bertz CT molecular complexity index is 1370. The summed E-state index contributed by atoms with van der Waals surface area (Å²) in [7, 11) is 0. The maximum absolute atomic E-state index is 13.3. The molecular weight excluding hydrogens is 406 g/mol. The minimum atomic E-state index is -0.0336. The van der Waals surface area contributed by atoms with Crippen molar-refractivity contribution in [2.24, 2.45) is 5.92 Å². The van der Waals surface area contributed by atoms with Gasteiger partial charge in [-0.2, -0.15) is 4.98 Å². The van der Waals surface area contributed by atoms with Gasteiger partial charge in [0.1, 0.15) is 0 Å². The van der Waals surface area contributed by atoms with Crippen molar-refractivity contribution >= 4 is 21.9 Å². The van der Waals surface area contributed by atoms with Crippen LogP contribution in [0, 0.1) is 12.8 Å². The summed E-state index contributed by atoms with van der Waals surface area (Å²) in [6.45, 7) is 4.38. The van der Waals surface area contributed by atoms with Crippen LogP contribution in [0.2, 0.25) is 0 Å². The molecule has 4 aromatic rings. The lowest BCUT2D eigenvalue weighted by Crippen LogP contribution is -2.25. The minimum absolute atomic E-state index is 0.0336. The maximum atomic E-state index is 13.3. The molecule has 0 amide bonds. The fourth-order valence-electron chi connectivity index (χ4n) is 4.46. The second kappa shape index (κ2) is 7.70. The summed E-state index contributed by atoms with van der Waals surface area (Å²) in [6.07, 6.45) is 6.56. The number of aromatic nitrogens is 5. The highest BCUT2D eigenvalue weighted by Gasteiger charge is 2.29. The molecule has 0 N–H and O–H groups in total. The Morgan fingerprint density at radius 2 is 2.06 bits per heavy atom. The van der Waals surface area contributed by atoms with E-state index >= 15 is 0 Å². The number of nitrogens with zero attached hydrogens (tertiary/aromatic N) is 5. The van der Waals surface area contributed by atoms with Crippen molar-refractivity contribution in [3.8, 4) is 5.88 Å². The highest BCUT2D eigenvalue weighted by Crippen LogP contribution is 2.36. The molecule has 4 heterocycles. The van der Waals surface area contributed by atoms with Gasteiger partial charge in [-0.15, -0.1) is 0 Å². The third-order valence-corrected chi connectivity index (χ3v) is 6.32. The van der Waals surface area contributed by atoms with E-state index in [-0.39, 0.29) is 18.3 Å². The first-order valence-corrected chi connectivity index (χ1v) is 11.2. The molecule has 2 aliphatic rings. The van der Waals surface area contributed by atoms with Crippen molar-refractivity contribution in [3.05, 3.63) is 58.5 Å². The van der Waals surface area contributed by atoms with Gasteiger partial charge >= 0.3 is 5.69 Å². The van der Waals surface area contributed by atoms with Gasteiger partial charge in [-0.25, -0.2) is 9.78 Å². The predicted octanol–water partition coefficient (Wildman–Crippen LogP) is 3.25. The van der Waals surface area contributed by atoms with Gasteiger partial charge < -0.3 is 9.47 Å². The van der Waals surface area contributed by atoms with Gasteiger partial charge in [0.2, 0.25) is 5.88 Å². The first-order chi connectivity index (χ1) is 15.7. The quantitative estimate of drug-likeness (QED) is 0.466. The van der Waals surface area contributed by atoms with Gasteiger partial charge in [0, 0.05) is 24.8 Å². The van der Waals surface area contributed by atoms with E-state index in [1.807, 2.05) is 29.7 Å². The van der Waals surface area contributed by atoms with Crippen molar-refractivity contribution in [2.75, 3.05) is 19.8 Å². The van der Waals surface area contributed by atoms with Crippen LogP contribution in [0.4, 0.5) is 0 Å². The predicted molar refractivity (Wildman–Crippen MR) is 120 cm³/mol. The van der Waals surface area contributed by atoms with E-state index in [9.17, 15) is 4.79 Å². The monoisotopic (exact) mass is 431 g/mol. The summed E-state index contributed by atoms with van der Waals surface area (Å²) in [5, 5.41) is 0.891. The van der Waals surface area contributed by atoms with E-state index in [1.165, 1.54) is 0 Å². The molecule has 1 aromatic carbocycles. The van der Waals surface area contributed by atoms with E-state index in [4.69, 9.17) is 19.4 Å². The summed E-state index contributed by atoms with van der Waals surface area (Å²) in [5.41, 5.74) is 3.63. The zero-order chi connectivity index (χ0) is 21.7. The zero-order valence-electron chi connectivity index (χ0n) is 18.0. The number of fused-ring (bicyclic) bond motifs is 2. The molecule has 1 unspecified atom stereocenters. The van der Waals surface area contributed by atoms with Gasteiger partial charge in [-0.1, -0.05) is 11.6 Å². The van der Waals surface area contributed by atoms with Crippen molar-refractivity contribution in [3.63, 3.8) is 0 Å². The summed E-state index contributed by atoms with van der Waals surface area (Å²) in [6, 6.07) is 8.26. The van der Waals surface area contributed by atoms with Gasteiger partial charge in [0.15, 0.2) is 5.82 Å². The highest BCUT2D eigenvalue weighted by molar-refractivity contribution is 5.84. The van der Waals surface area contributed by atoms with Crippen LogP contribution >= 0.6 is 0 Å². The van der Waals surface area contributed by atoms with E-state index < -0.39 is 0 Å². The van der Waals surface area contributed by atoms with Crippen LogP contribution in [0.3, 0.4) is 0 Å². The van der Waals surface area contributed by atoms with Crippen molar-refractivity contribution < 1.29 is 9.47 Å². The molecule has 8 heteroatoms. The zero-order valence-corrected chi connectivity index (χ0v) is 18.0. The second-order valence-corrected chi connectivity index (χ2v) is 8.84. The summed E-state index contributed by atoms with van der Waals surface area (Å²) in [5.74, 6) is 1.50. The van der Waals surface area contributed by atoms with E-state index in [2.05, 4.69) is 11.1 Å². The molecule has 6 rings (SSSR count). The Labute approximate surface area is 184 Å². The normalized spacial score (nSPS) is 18.6. The lowest BCUT2D eigenvalue weighted by molar-refractivity contribution is 0.166. The first-order valence-electron chi connectivity index (χ1n) is 11.2. The number of rotatable bonds is 6. The van der Waals surface area contributed by atoms with Crippen molar-refractivity contribution in [2.45, 2.75) is 38.8 Å². The van der Waals surface area contributed by atoms with E-state index in [0.717, 1.165) is 60.0 Å². The average molecular weight is 431 g/mol. The lowest BCUT2D eigenvalue weighted by Gasteiger charge is -2.13. The molecule has 164 valence electrons. The molecule has 1 aliphatic heterocycles. The Morgan fingerprint density at radius 3 is 2.88 bits per heavy atom. The van der Waals surface area contributed by atoms with Crippen LogP contribution < -0.4 is 10.4 Å². The van der Waals surface area contributed by atoms with Crippen LogP contribution in [-0.4, -0.2) is 43.9 Å². The number of aryl methyl sites for hydroxylation is 1. The molecule has 0 radical (unpaired) electrons. The second-order valence-electron chi connectivity index (χ2n) is 8.84. The van der Waals surface area contributed by atoms with Crippen molar-refractivity contribution in [1.29, 1.82) is 0 Å². The van der Waals surface area contributed by atoms with E-state index in [1.54, 1.807) is 17.0 Å². The smallest absolute Gasteiger partial charge is 0.329 e. The molecule has 1 aliphatic carbocycles. The molecule has 1 atom stereocenters. The summed E-state index contributed by atoms with van der Waals surface area (Å²) >= 11 is 0. The molecule has 8 nitrogen and oxygen atoms in total. The maximum Gasteiger partial charge on any atom is 0.329 e. The van der Waals surface area contributed by atoms with Crippen molar-refractivity contribution in [1.82, 2.24) is 24.1 Å². The lowest BCUT2D eigenvalue weighted by atomic mass is 10.1. The van der Waals surface area contributed by atoms with Crippen LogP contribution in [0.1, 0.15) is 36.7 Å². The minimum Gasteiger partial charge on any atom is -0.477 e. The Morgan fingerprint density at radius 1 is 1.16 bits per heavy atom. The third-order valence-electron chi connectivity index (χ3n) is 6.32. The van der Waals surface area contributed by atoms with Gasteiger partial charge in [-0.05, 0) is 44.4 Å². The first kappa shape index (κ1) is 19.4. The summed E-state index contributed by atoms with van der Waals surface area (Å²) < 4.78 is 15.3. The number of imidazole rings is 1. The average Bonchev–Trinajstić information content (AvgIpc) is 3.41. The Hall–Kier alpha value is -3.26. The van der Waals surface area contributed by atoms with Gasteiger partial charge in [-0.3, -0.25) is 14.1 Å². The molecule has 32 heavy (non-hydrogen) atoms. The standard InChI is InChI=1S/C24H25N5O3/c1-15-2-5-19-18(10-15)23(32-14-16-7-9-31-13-16)27-22(26-19)12-28-21-11-25-8-6-20(21)29(24(28)30)17-3-4-17/h2,5-6,8,10-11,16-17H,3-4,7,9,12-14H2,1H3. The molecular formula is C24H25N5O3. The Kier molecular flexibility index (Phi) is 4.68. The fraction of sp³-hybridized carbons (Fsp3) is 0.417. The van der Waals surface area contributed by atoms with Gasteiger partial charge in [0.05, 0.1) is 47.9 Å². The van der Waals surface area contributed by atoms with E-state index in [0.29, 0.717) is 24.2 Å². The van der Waals surface area contributed by atoms with Crippen LogP contribution in [-0.2, 0) is 11.3 Å². The topological polar surface area (TPSA) is 84.1 Å². The molecule has 0 bridgehead atoms. The number of ether oxygens (including phenoxy) is 2. The Balaban J connectivity index is 1.41. The SMILES string of the molecule is Cc1ccc2nc(Cn3c(=O)n(C4CC4)c4ccncc43)nc(OCC3CCOC3)c2c1. The molecule has 1 saturated heterocycles. The number of benzene rings is 1. The number of hydrogen-bond acceptors (Lipinski definition) is 6. The van der Waals surface area contributed by atoms with Gasteiger partial charge in [0.25, 0.3) is 0 Å². The number of hydrogen-bond donors (Lipinski definition) is 0. The molecule has 0 spiro atoms. The fourth-order valence-corrected chi connectivity index (χ4v) is 4.46. The third kappa shape index (κ3) is 3.44. The number of pyridine rings is 1. The summed E-state index contributed by atoms with van der Waals surface area (Å²) in [4.78, 5) is 27.0. The largest absolute Gasteiger partial charge is 0.477 e. The van der Waals surface area contributed by atoms with Crippen LogP contribution in [0.25, 0.3) is 21.9 Å². The molecule has 2 fully saturated rings. The van der Waals surface area contributed by atoms with Crippen LogP contribution in [0.15, 0.2) is 41.5 Å².